The molecule has 0 radical (unpaired) electrons. The Labute approximate surface area is 313 Å². The fourth-order valence-corrected chi connectivity index (χ4v) is 7.53. The molecule has 7 rings (SSSR count). The van der Waals surface area contributed by atoms with Gasteiger partial charge in [0.25, 0.3) is 5.69 Å². The van der Waals surface area contributed by atoms with E-state index >= 15 is 0 Å². The van der Waals surface area contributed by atoms with Gasteiger partial charge in [-0.15, -0.1) is 32.9 Å². The maximum atomic E-state index is 12.4. The number of aromatic nitrogens is 6. The summed E-state index contributed by atoms with van der Waals surface area (Å²) in [6.07, 6.45) is 2.29. The van der Waals surface area contributed by atoms with Gasteiger partial charge in [0.05, 0.1) is 37.0 Å². The van der Waals surface area contributed by atoms with Crippen molar-refractivity contribution in [1.82, 2.24) is 30.0 Å². The Bertz CT molecular complexity index is 2500. The van der Waals surface area contributed by atoms with Crippen LogP contribution in [0.1, 0.15) is 11.1 Å². The summed E-state index contributed by atoms with van der Waals surface area (Å²) in [7, 11) is 0. The molecule has 0 fully saturated rings. The number of benzene rings is 3. The molecule has 21 nitrogen and oxygen atoms in total. The number of nitro benzene ring substituents is 5. The van der Waals surface area contributed by atoms with Crippen molar-refractivity contribution in [2.75, 3.05) is 0 Å². The van der Waals surface area contributed by atoms with E-state index in [9.17, 15) is 50.6 Å². The normalized spacial score (nSPS) is 11.1. The van der Waals surface area contributed by atoms with E-state index in [-0.39, 0.29) is 44.8 Å². The number of nitro groups is 5. The summed E-state index contributed by atoms with van der Waals surface area (Å²) in [5, 5.41) is 80.8. The van der Waals surface area contributed by atoms with Crippen LogP contribution in [0, 0.1) is 64.4 Å². The van der Waals surface area contributed by atoms with Crippen LogP contribution in [0.4, 0.5) is 28.4 Å². The first kappa shape index (κ1) is 35.7. The molecule has 0 spiro atoms. The monoisotopic (exact) mass is 781 g/mol. The Hall–Kier alpha value is -7.66. The number of rotatable bonds is 11. The standard InChI is InChI=1S/C32H19N11O10S2/c1-16-20(22-14-37(35-33-22)31-24(39(44)45)9-18(10-25(31)40(46)47)28-5-3-7-54-28)13-21(17(2)30(16)43(52)53)23-15-38(36-34-23)32-26(41(48)49)11-19(12-27(32)42(50)51)29-6-4-8-55-29/h3-15H,1-2H3. The maximum Gasteiger partial charge on any atom is 0.302 e. The molecule has 0 aliphatic carbocycles. The van der Waals surface area contributed by atoms with E-state index in [1.807, 2.05) is 0 Å². The second-order valence-electron chi connectivity index (χ2n) is 11.6. The average Bonchev–Trinajstić information content (AvgIpc) is 3.98. The first-order chi connectivity index (χ1) is 26.2. The zero-order valence-corrected chi connectivity index (χ0v) is 29.5. The van der Waals surface area contributed by atoms with Crippen LogP contribution in [-0.4, -0.2) is 54.6 Å². The summed E-state index contributed by atoms with van der Waals surface area (Å²) in [5.74, 6) is 0. The van der Waals surface area contributed by atoms with Gasteiger partial charge in [0.15, 0.2) is 0 Å². The summed E-state index contributed by atoms with van der Waals surface area (Å²) < 4.78 is 1.67. The van der Waals surface area contributed by atoms with Gasteiger partial charge < -0.3 is 0 Å². The highest BCUT2D eigenvalue weighted by Crippen LogP contribution is 2.43. The minimum absolute atomic E-state index is 0.0735. The maximum absolute atomic E-state index is 12.4. The molecule has 0 saturated heterocycles. The van der Waals surface area contributed by atoms with Gasteiger partial charge in [-0.25, -0.2) is 9.36 Å². The van der Waals surface area contributed by atoms with Gasteiger partial charge in [-0.3, -0.25) is 50.6 Å². The molecule has 0 bridgehead atoms. The molecule has 23 heteroatoms. The minimum atomic E-state index is -0.797. The Morgan fingerprint density at radius 1 is 0.545 bits per heavy atom. The van der Waals surface area contributed by atoms with Crippen molar-refractivity contribution < 1.29 is 24.6 Å². The molecule has 7 aromatic rings. The van der Waals surface area contributed by atoms with Crippen LogP contribution in [0.15, 0.2) is 77.8 Å². The summed E-state index contributed by atoms with van der Waals surface area (Å²) >= 11 is 2.45. The molecule has 0 N–H and O–H groups in total. The van der Waals surface area contributed by atoms with E-state index in [2.05, 4.69) is 20.6 Å². The predicted octanol–water partition coefficient (Wildman–Crippen LogP) is 7.80. The lowest BCUT2D eigenvalue weighted by Gasteiger charge is -2.11. The second-order valence-corrected chi connectivity index (χ2v) is 13.5. The van der Waals surface area contributed by atoms with Gasteiger partial charge in [-0.05, 0) is 42.8 Å². The van der Waals surface area contributed by atoms with E-state index in [4.69, 9.17) is 0 Å². The zero-order valence-electron chi connectivity index (χ0n) is 27.8. The molecule has 0 aliphatic rings. The molecule has 0 amide bonds. The number of thiophene rings is 2. The summed E-state index contributed by atoms with van der Waals surface area (Å²) in [4.78, 5) is 58.6. The molecule has 0 aliphatic heterocycles. The van der Waals surface area contributed by atoms with Gasteiger partial charge in [0.1, 0.15) is 11.4 Å². The summed E-state index contributed by atoms with van der Waals surface area (Å²) in [6, 6.07) is 12.8. The fraction of sp³-hybridized carbons (Fsp3) is 0.0625. The number of nitrogens with zero attached hydrogens (tertiary/aromatic N) is 11. The molecular formula is C32H19N11O10S2. The lowest BCUT2D eigenvalue weighted by molar-refractivity contribution is -0.393. The Balaban J connectivity index is 1.38. The smallest absolute Gasteiger partial charge is 0.258 e. The first-order valence-electron chi connectivity index (χ1n) is 15.4. The van der Waals surface area contributed by atoms with E-state index in [1.54, 1.807) is 35.0 Å². The molecule has 4 aromatic heterocycles. The van der Waals surface area contributed by atoms with E-state index in [0.29, 0.717) is 9.75 Å². The molecule has 0 atom stereocenters. The highest BCUT2D eigenvalue weighted by Gasteiger charge is 2.33. The van der Waals surface area contributed by atoms with E-state index < -0.39 is 64.4 Å². The third-order valence-corrected chi connectivity index (χ3v) is 10.4. The molecule has 3 aromatic carbocycles. The third kappa shape index (κ3) is 6.29. The Morgan fingerprint density at radius 3 is 1.20 bits per heavy atom. The Kier molecular flexibility index (Phi) is 8.91. The van der Waals surface area contributed by atoms with Crippen LogP contribution in [0.5, 0.6) is 0 Å². The van der Waals surface area contributed by atoms with Gasteiger partial charge in [-0.2, -0.15) is 0 Å². The first-order valence-corrected chi connectivity index (χ1v) is 17.2. The van der Waals surface area contributed by atoms with Crippen LogP contribution in [-0.2, 0) is 0 Å². The number of hydrogen-bond acceptors (Lipinski definition) is 16. The van der Waals surface area contributed by atoms with Crippen molar-refractivity contribution in [1.29, 1.82) is 0 Å². The van der Waals surface area contributed by atoms with Crippen LogP contribution >= 0.6 is 22.7 Å². The van der Waals surface area contributed by atoms with Crippen molar-refractivity contribution in [2.24, 2.45) is 0 Å². The third-order valence-electron chi connectivity index (χ3n) is 8.52. The lowest BCUT2D eigenvalue weighted by Crippen LogP contribution is -2.06. The van der Waals surface area contributed by atoms with Crippen molar-refractivity contribution in [3.63, 3.8) is 0 Å². The van der Waals surface area contributed by atoms with Crippen LogP contribution in [0.2, 0.25) is 0 Å². The largest absolute Gasteiger partial charge is 0.302 e. The molecule has 0 saturated carbocycles. The van der Waals surface area contributed by atoms with Gasteiger partial charge in [0.2, 0.25) is 11.4 Å². The highest BCUT2D eigenvalue weighted by atomic mass is 32.1. The van der Waals surface area contributed by atoms with Crippen molar-refractivity contribution >= 4 is 51.1 Å². The zero-order chi connectivity index (χ0) is 39.3. The average molecular weight is 782 g/mol. The molecule has 55 heavy (non-hydrogen) atoms. The predicted molar refractivity (Wildman–Crippen MR) is 197 cm³/mol. The van der Waals surface area contributed by atoms with E-state index in [1.165, 1.54) is 66.9 Å². The molecular weight excluding hydrogens is 763 g/mol. The topological polar surface area (TPSA) is 277 Å². The molecule has 4 heterocycles. The van der Waals surface area contributed by atoms with E-state index in [0.717, 1.165) is 21.8 Å². The lowest BCUT2D eigenvalue weighted by atomic mass is 9.94. The van der Waals surface area contributed by atoms with Gasteiger partial charge in [0, 0.05) is 67.4 Å². The highest BCUT2D eigenvalue weighted by molar-refractivity contribution is 7.13. The van der Waals surface area contributed by atoms with Crippen molar-refractivity contribution in [2.45, 2.75) is 13.8 Å². The van der Waals surface area contributed by atoms with Gasteiger partial charge >= 0.3 is 22.7 Å². The van der Waals surface area contributed by atoms with Crippen LogP contribution in [0.25, 0.3) is 54.8 Å². The van der Waals surface area contributed by atoms with Gasteiger partial charge in [-0.1, -0.05) is 22.6 Å². The van der Waals surface area contributed by atoms with Crippen LogP contribution in [0.3, 0.4) is 0 Å². The minimum Gasteiger partial charge on any atom is -0.258 e. The van der Waals surface area contributed by atoms with Crippen molar-refractivity contribution in [3.05, 3.63) is 139 Å². The summed E-state index contributed by atoms with van der Waals surface area (Å²) in [6.45, 7) is 2.84. The summed E-state index contributed by atoms with van der Waals surface area (Å²) in [5.41, 5.74) is -3.38. The fourth-order valence-electron chi connectivity index (χ4n) is 6.10. The Morgan fingerprint density at radius 2 is 0.909 bits per heavy atom. The second kappa shape index (κ2) is 13.7. The van der Waals surface area contributed by atoms with Crippen LogP contribution < -0.4 is 0 Å². The van der Waals surface area contributed by atoms with Crippen molar-refractivity contribution in [3.8, 4) is 54.8 Å². The number of hydrogen-bond donors (Lipinski definition) is 0. The molecule has 0 unspecified atom stereocenters. The molecule has 274 valence electrons. The SMILES string of the molecule is Cc1c(-c2cn(-c3c([N+](=O)[O-])cc(-c4cccs4)cc3[N+](=O)[O-])nn2)cc(-c2cn(-c3c([N+](=O)[O-])cc(-c4cccs4)cc3[N+](=O)[O-])nn2)c(C)c1[N+](=O)[O-]. The quantitative estimate of drug-likeness (QED) is 0.0894.